The molecule has 3 aromatic heterocycles. The van der Waals surface area contributed by atoms with Crippen molar-refractivity contribution in [3.8, 4) is 11.1 Å². The van der Waals surface area contributed by atoms with Gasteiger partial charge in [-0.15, -0.1) is 0 Å². The van der Waals surface area contributed by atoms with E-state index in [-0.39, 0.29) is 24.3 Å². The molecule has 2 unspecified atom stereocenters. The number of benzene rings is 2. The molecule has 0 spiro atoms. The largest absolute Gasteiger partial charge is 0.372 e. The molecule has 0 aliphatic carbocycles. The van der Waals surface area contributed by atoms with Crippen molar-refractivity contribution in [2.75, 3.05) is 62.6 Å². The number of imide groups is 1. The Kier molecular flexibility index (Phi) is 11.1. The van der Waals surface area contributed by atoms with Gasteiger partial charge in [-0.25, -0.2) is 18.9 Å². The van der Waals surface area contributed by atoms with E-state index in [0.29, 0.717) is 42.9 Å². The maximum Gasteiger partial charge on any atom is 0.253 e. The number of fused-ring (bicyclic) bond motifs is 2. The summed E-state index contributed by atoms with van der Waals surface area (Å²) in [6.07, 6.45) is 12.3. The van der Waals surface area contributed by atoms with Gasteiger partial charge in [0.05, 0.1) is 30.7 Å². The summed E-state index contributed by atoms with van der Waals surface area (Å²) in [5.74, 6) is 0.121. The number of nitrogens with zero attached hydrogens (tertiary/aromatic N) is 8. The van der Waals surface area contributed by atoms with Crippen LogP contribution in [0, 0.1) is 11.7 Å². The van der Waals surface area contributed by atoms with E-state index in [4.69, 9.17) is 4.98 Å². The summed E-state index contributed by atoms with van der Waals surface area (Å²) in [6, 6.07) is 20.3. The highest BCUT2D eigenvalue weighted by Gasteiger charge is 2.31. The minimum atomic E-state index is -0.592. The van der Waals surface area contributed by atoms with Gasteiger partial charge in [0.25, 0.3) is 5.91 Å². The van der Waals surface area contributed by atoms with Gasteiger partial charge < -0.3 is 19.7 Å². The number of carbonyl (C=O) groups excluding carboxylic acids is 3. The van der Waals surface area contributed by atoms with Crippen LogP contribution in [0.4, 0.5) is 21.6 Å². The average molecular weight is 850 g/mol. The van der Waals surface area contributed by atoms with Gasteiger partial charge in [-0.1, -0.05) is 18.2 Å². The van der Waals surface area contributed by atoms with E-state index in [2.05, 4.69) is 97.3 Å². The standard InChI is InChI=1S/C49H53FN10O3/c1-31(44-27-40-39(11-16-51-46(40)56(44)2)36-7-8-42-37(25-36)28-52-42)58-19-14-34(15-20-58)33-3-5-35(6-4-33)49(63)60-17-12-32(13-18-60)30-57-21-23-59(24-22-57)47-41(50)26-38(29-53-47)54-43-9-10-45(61)55-48(43)62/h3-8,11,16,25-32,34,43,54H,9-10,12-15,17-24H2,1-2H3/p+1. The number of nitrogens with one attached hydrogen (secondary N) is 2. The molecule has 5 aromatic rings. The van der Waals surface area contributed by atoms with Gasteiger partial charge in [-0.2, -0.15) is 0 Å². The van der Waals surface area contributed by atoms with E-state index >= 15 is 4.39 Å². The first-order valence-corrected chi connectivity index (χ1v) is 22.5. The molecule has 2 N–H and O–H groups in total. The fourth-order valence-corrected chi connectivity index (χ4v) is 10.2. The van der Waals surface area contributed by atoms with E-state index in [1.165, 1.54) is 39.4 Å². The van der Waals surface area contributed by atoms with Crippen molar-refractivity contribution >= 4 is 58.4 Å². The molecule has 2 atom stereocenters. The van der Waals surface area contributed by atoms with Crippen molar-refractivity contribution in [2.24, 2.45) is 18.0 Å². The first-order chi connectivity index (χ1) is 30.6. The quantitative estimate of drug-likeness (QED) is 0.126. The minimum Gasteiger partial charge on any atom is -0.372 e. The van der Waals surface area contributed by atoms with Crippen LogP contribution < -0.4 is 15.5 Å². The number of aromatic nitrogens is 3. The molecule has 5 aliphatic rings. The summed E-state index contributed by atoms with van der Waals surface area (Å²) in [5.41, 5.74) is 9.39. The van der Waals surface area contributed by atoms with Gasteiger partial charge in [-0.3, -0.25) is 29.6 Å². The van der Waals surface area contributed by atoms with Gasteiger partial charge in [0.2, 0.25) is 11.8 Å². The number of rotatable bonds is 9. The molecule has 13 nitrogen and oxygen atoms in total. The summed E-state index contributed by atoms with van der Waals surface area (Å²) in [6.45, 7) is 8.60. The minimum absolute atomic E-state index is 0.104. The first kappa shape index (κ1) is 40.8. The fraction of sp³-hybridized carbons (Fsp3) is 0.408. The zero-order valence-electron chi connectivity index (χ0n) is 36.0. The monoisotopic (exact) mass is 849 g/mol. The molecule has 4 fully saturated rings. The molecule has 324 valence electrons. The molecule has 0 bridgehead atoms. The number of pyridine rings is 2. The summed E-state index contributed by atoms with van der Waals surface area (Å²) in [5, 5.41) is 6.49. The average Bonchev–Trinajstić information content (AvgIpc) is 3.64. The van der Waals surface area contributed by atoms with Crippen LogP contribution in [0.3, 0.4) is 0 Å². The molecular weight excluding hydrogens is 796 g/mol. The number of amides is 3. The zero-order chi connectivity index (χ0) is 43.2. The third-order valence-electron chi connectivity index (χ3n) is 14.0. The Bertz CT molecular complexity index is 2630. The molecule has 10 rings (SSSR count). The number of carbonyl (C=O) groups is 3. The number of likely N-dealkylation sites (tertiary alicyclic amines) is 2. The highest BCUT2D eigenvalue weighted by atomic mass is 19.1. The lowest BCUT2D eigenvalue weighted by molar-refractivity contribution is -0.527. The molecule has 5 aliphatic heterocycles. The van der Waals surface area contributed by atoms with Crippen LogP contribution in [0.5, 0.6) is 0 Å². The third-order valence-corrected chi connectivity index (χ3v) is 14.0. The smallest absolute Gasteiger partial charge is 0.253 e. The second-order valence-corrected chi connectivity index (χ2v) is 17.8. The Balaban J connectivity index is 0.683. The van der Waals surface area contributed by atoms with Gasteiger partial charge in [0, 0.05) is 79.2 Å². The Morgan fingerprint density at radius 2 is 1.70 bits per heavy atom. The van der Waals surface area contributed by atoms with Gasteiger partial charge >= 0.3 is 0 Å². The molecule has 0 saturated carbocycles. The molecule has 8 heterocycles. The topological polar surface area (TPSA) is 131 Å². The third kappa shape index (κ3) is 8.24. The second-order valence-electron chi connectivity index (χ2n) is 17.8. The van der Waals surface area contributed by atoms with E-state index in [1.807, 2.05) is 34.3 Å². The number of hydrogen-bond acceptors (Lipinski definition) is 9. The van der Waals surface area contributed by atoms with E-state index in [1.54, 1.807) is 6.20 Å². The SMILES string of the molecule is CC(c1cc2c(-c3ccc4c(c3)C=N4)ccnc2n1C)N1CCC(c2ccc(C(=O)N3CCC(C=[N+]4CCN(c5ncc(NC6CCC(=O)NC6=O)cc5F)CC4)CC3)cc2)CC1. The summed E-state index contributed by atoms with van der Waals surface area (Å²) in [7, 11) is 2.13. The molecule has 14 heteroatoms. The lowest BCUT2D eigenvalue weighted by Crippen LogP contribution is -2.47. The molecule has 3 amide bonds. The lowest BCUT2D eigenvalue weighted by Gasteiger charge is -2.36. The molecule has 0 radical (unpaired) electrons. The molecular formula is C49H54FN10O3+. The van der Waals surface area contributed by atoms with Crippen molar-refractivity contribution in [2.45, 2.75) is 63.5 Å². The van der Waals surface area contributed by atoms with Crippen molar-refractivity contribution in [3.05, 3.63) is 101 Å². The van der Waals surface area contributed by atoms with Crippen molar-refractivity contribution in [3.63, 3.8) is 0 Å². The predicted octanol–water partition coefficient (Wildman–Crippen LogP) is 6.45. The Labute approximate surface area is 366 Å². The number of piperidine rings is 3. The van der Waals surface area contributed by atoms with E-state index < -0.39 is 17.8 Å². The lowest BCUT2D eigenvalue weighted by atomic mass is 9.88. The number of anilines is 2. The van der Waals surface area contributed by atoms with Crippen LogP contribution >= 0.6 is 0 Å². The molecule has 2 aromatic carbocycles. The van der Waals surface area contributed by atoms with Crippen LogP contribution in [0.15, 0.2) is 78.0 Å². The van der Waals surface area contributed by atoms with Gasteiger partial charge in [0.1, 0.15) is 17.9 Å². The normalized spacial score (nSPS) is 20.4. The number of halogens is 1. The highest BCUT2D eigenvalue weighted by Crippen LogP contribution is 2.38. The van der Waals surface area contributed by atoms with Gasteiger partial charge in [0.15, 0.2) is 24.7 Å². The van der Waals surface area contributed by atoms with Crippen LogP contribution in [-0.2, 0) is 16.6 Å². The predicted molar refractivity (Wildman–Crippen MR) is 243 cm³/mol. The van der Waals surface area contributed by atoms with Crippen LogP contribution in [-0.4, -0.2) is 117 Å². The van der Waals surface area contributed by atoms with Crippen molar-refractivity contribution in [1.82, 2.24) is 29.7 Å². The maximum absolute atomic E-state index is 15.2. The van der Waals surface area contributed by atoms with Crippen LogP contribution in [0.25, 0.3) is 22.2 Å². The van der Waals surface area contributed by atoms with Crippen LogP contribution in [0.2, 0.25) is 0 Å². The second kappa shape index (κ2) is 17.1. The summed E-state index contributed by atoms with van der Waals surface area (Å²) in [4.78, 5) is 57.2. The Morgan fingerprint density at radius 3 is 2.40 bits per heavy atom. The maximum atomic E-state index is 15.2. The molecule has 4 saturated heterocycles. The number of aryl methyl sites for hydroxylation is 1. The van der Waals surface area contributed by atoms with Crippen molar-refractivity contribution in [1.29, 1.82) is 0 Å². The summed E-state index contributed by atoms with van der Waals surface area (Å²) >= 11 is 0. The summed E-state index contributed by atoms with van der Waals surface area (Å²) < 4.78 is 19.8. The number of piperazine rings is 1. The zero-order valence-corrected chi connectivity index (χ0v) is 36.0. The molecule has 63 heavy (non-hydrogen) atoms. The first-order valence-electron chi connectivity index (χ1n) is 22.5. The van der Waals surface area contributed by atoms with Crippen LogP contribution in [0.1, 0.15) is 84.6 Å². The van der Waals surface area contributed by atoms with E-state index in [0.717, 1.165) is 81.8 Å². The van der Waals surface area contributed by atoms with E-state index in [9.17, 15) is 14.4 Å². The van der Waals surface area contributed by atoms with Crippen molar-refractivity contribution < 1.29 is 23.3 Å². The fourth-order valence-electron chi connectivity index (χ4n) is 10.2. The van der Waals surface area contributed by atoms with Gasteiger partial charge in [-0.05, 0) is 111 Å². The number of hydrogen-bond donors (Lipinski definition) is 2. The Morgan fingerprint density at radius 1 is 0.921 bits per heavy atom. The number of aliphatic imine (C=N–C) groups is 1. The highest BCUT2D eigenvalue weighted by molar-refractivity contribution is 6.02. The Hall–Kier alpha value is -6.28.